The Morgan fingerprint density at radius 2 is 1.63 bits per heavy atom. The van der Waals surface area contributed by atoms with Crippen molar-refractivity contribution in [3.63, 3.8) is 0 Å². The number of halogens is 1. The third-order valence-corrected chi connectivity index (χ3v) is 5.52. The summed E-state index contributed by atoms with van der Waals surface area (Å²) in [6, 6.07) is 9.80. The minimum absolute atomic E-state index is 0.0201. The molecule has 0 unspecified atom stereocenters. The zero-order valence-corrected chi connectivity index (χ0v) is 15.9. The third kappa shape index (κ3) is 5.35. The summed E-state index contributed by atoms with van der Waals surface area (Å²) < 4.78 is 39.5. The van der Waals surface area contributed by atoms with Gasteiger partial charge in [-0.3, -0.25) is 9.59 Å². The standard InChI is InChI=1S/C18H20FN3O4S/c1-12-4-5-15(10-17(12)19)21-18(24)11-22(3)27(25,26)16-8-6-14(7-9-16)20-13(2)23/h4-10H,11H2,1-3H3,(H,20,23)(H,21,24). The molecule has 9 heteroatoms. The van der Waals surface area contributed by atoms with E-state index in [-0.39, 0.29) is 16.5 Å². The summed E-state index contributed by atoms with van der Waals surface area (Å²) in [5.41, 5.74) is 1.15. The van der Waals surface area contributed by atoms with Crippen LogP contribution in [0, 0.1) is 12.7 Å². The van der Waals surface area contributed by atoms with Gasteiger partial charge >= 0.3 is 0 Å². The quantitative estimate of drug-likeness (QED) is 0.788. The Labute approximate surface area is 157 Å². The second-order valence-electron chi connectivity index (χ2n) is 5.98. The van der Waals surface area contributed by atoms with Crippen LogP contribution in [0.3, 0.4) is 0 Å². The van der Waals surface area contributed by atoms with E-state index < -0.39 is 28.3 Å². The molecule has 0 aliphatic rings. The van der Waals surface area contributed by atoms with Gasteiger partial charge in [-0.15, -0.1) is 0 Å². The van der Waals surface area contributed by atoms with Crippen LogP contribution in [-0.2, 0) is 19.6 Å². The second-order valence-corrected chi connectivity index (χ2v) is 8.02. The lowest BCUT2D eigenvalue weighted by Gasteiger charge is -2.17. The predicted octanol–water partition coefficient (Wildman–Crippen LogP) is 2.35. The van der Waals surface area contributed by atoms with Crippen molar-refractivity contribution in [2.75, 3.05) is 24.2 Å². The molecule has 7 nitrogen and oxygen atoms in total. The van der Waals surface area contributed by atoms with Gasteiger partial charge in [-0.05, 0) is 48.9 Å². The minimum atomic E-state index is -3.90. The smallest absolute Gasteiger partial charge is 0.243 e. The topological polar surface area (TPSA) is 95.6 Å². The summed E-state index contributed by atoms with van der Waals surface area (Å²) in [5, 5.41) is 5.00. The van der Waals surface area contributed by atoms with Gasteiger partial charge in [0.1, 0.15) is 5.82 Å². The van der Waals surface area contributed by atoms with Crippen LogP contribution in [0.4, 0.5) is 15.8 Å². The number of likely N-dealkylation sites (N-methyl/N-ethyl adjacent to an activating group) is 1. The molecule has 27 heavy (non-hydrogen) atoms. The maximum Gasteiger partial charge on any atom is 0.243 e. The van der Waals surface area contributed by atoms with Crippen molar-refractivity contribution >= 4 is 33.2 Å². The monoisotopic (exact) mass is 393 g/mol. The largest absolute Gasteiger partial charge is 0.326 e. The van der Waals surface area contributed by atoms with Crippen molar-refractivity contribution in [1.82, 2.24) is 4.31 Å². The molecule has 0 aliphatic heterocycles. The second kappa shape index (κ2) is 8.28. The maximum absolute atomic E-state index is 13.5. The van der Waals surface area contributed by atoms with Crippen LogP contribution in [0.2, 0.25) is 0 Å². The Kier molecular flexibility index (Phi) is 6.29. The fourth-order valence-electron chi connectivity index (χ4n) is 2.25. The Morgan fingerprint density at radius 1 is 1.04 bits per heavy atom. The van der Waals surface area contributed by atoms with Crippen LogP contribution in [0.15, 0.2) is 47.4 Å². The van der Waals surface area contributed by atoms with Crippen molar-refractivity contribution in [2.24, 2.45) is 0 Å². The van der Waals surface area contributed by atoms with E-state index in [1.165, 1.54) is 56.4 Å². The number of hydrogen-bond donors (Lipinski definition) is 2. The van der Waals surface area contributed by atoms with Gasteiger partial charge in [0.05, 0.1) is 11.4 Å². The highest BCUT2D eigenvalue weighted by Gasteiger charge is 2.23. The van der Waals surface area contributed by atoms with E-state index >= 15 is 0 Å². The summed E-state index contributed by atoms with van der Waals surface area (Å²) in [6.07, 6.45) is 0. The zero-order valence-electron chi connectivity index (χ0n) is 15.1. The van der Waals surface area contributed by atoms with Crippen LogP contribution in [-0.4, -0.2) is 38.1 Å². The molecule has 0 bridgehead atoms. The van der Waals surface area contributed by atoms with E-state index in [0.717, 1.165) is 4.31 Å². The Morgan fingerprint density at radius 3 is 2.19 bits per heavy atom. The number of amides is 2. The van der Waals surface area contributed by atoms with Gasteiger partial charge in [0.15, 0.2) is 0 Å². The van der Waals surface area contributed by atoms with E-state index in [1.54, 1.807) is 6.92 Å². The highest BCUT2D eigenvalue weighted by atomic mass is 32.2. The van der Waals surface area contributed by atoms with Crippen LogP contribution in [0.25, 0.3) is 0 Å². The lowest BCUT2D eigenvalue weighted by Crippen LogP contribution is -2.35. The zero-order chi connectivity index (χ0) is 20.2. The molecule has 2 N–H and O–H groups in total. The number of aryl methyl sites for hydroxylation is 1. The van der Waals surface area contributed by atoms with E-state index in [4.69, 9.17) is 0 Å². The third-order valence-electron chi connectivity index (χ3n) is 3.70. The van der Waals surface area contributed by atoms with Crippen molar-refractivity contribution in [2.45, 2.75) is 18.7 Å². The first-order chi connectivity index (χ1) is 12.6. The van der Waals surface area contributed by atoms with Gasteiger partial charge in [-0.2, -0.15) is 4.31 Å². The van der Waals surface area contributed by atoms with Crippen molar-refractivity contribution in [1.29, 1.82) is 0 Å². The van der Waals surface area contributed by atoms with Crippen LogP contribution < -0.4 is 10.6 Å². The fourth-order valence-corrected chi connectivity index (χ4v) is 3.38. The molecule has 2 rings (SSSR count). The number of nitrogens with one attached hydrogen (secondary N) is 2. The molecule has 0 fully saturated rings. The van der Waals surface area contributed by atoms with Gasteiger partial charge in [0, 0.05) is 25.3 Å². The molecule has 0 atom stereocenters. The summed E-state index contributed by atoms with van der Waals surface area (Å²) in [5.74, 6) is -1.33. The Bertz CT molecular complexity index is 959. The maximum atomic E-state index is 13.5. The first-order valence-corrected chi connectivity index (χ1v) is 9.43. The molecule has 0 aliphatic carbocycles. The number of carbonyl (C=O) groups is 2. The molecule has 2 aromatic rings. The molecule has 0 aromatic heterocycles. The fraction of sp³-hybridized carbons (Fsp3) is 0.222. The Hall–Kier alpha value is -2.78. The van der Waals surface area contributed by atoms with Gasteiger partial charge in [-0.1, -0.05) is 6.07 Å². The highest BCUT2D eigenvalue weighted by molar-refractivity contribution is 7.89. The molecule has 144 valence electrons. The van der Waals surface area contributed by atoms with Gasteiger partial charge in [0.25, 0.3) is 0 Å². The summed E-state index contributed by atoms with van der Waals surface area (Å²) in [6.45, 7) is 2.50. The number of benzene rings is 2. The Balaban J connectivity index is 2.06. The van der Waals surface area contributed by atoms with Crippen LogP contribution >= 0.6 is 0 Å². The summed E-state index contributed by atoms with van der Waals surface area (Å²) in [7, 11) is -2.63. The molecule has 0 radical (unpaired) electrons. The molecular weight excluding hydrogens is 373 g/mol. The van der Waals surface area contributed by atoms with E-state index in [9.17, 15) is 22.4 Å². The minimum Gasteiger partial charge on any atom is -0.326 e. The first kappa shape index (κ1) is 20.5. The normalized spacial score (nSPS) is 11.3. The molecular formula is C18H20FN3O4S. The number of sulfonamides is 1. The number of carbonyl (C=O) groups excluding carboxylic acids is 2. The highest BCUT2D eigenvalue weighted by Crippen LogP contribution is 2.18. The predicted molar refractivity (Wildman–Crippen MR) is 100 cm³/mol. The molecule has 0 saturated heterocycles. The van der Waals surface area contributed by atoms with E-state index in [1.807, 2.05) is 0 Å². The SMILES string of the molecule is CC(=O)Nc1ccc(S(=O)(=O)N(C)CC(=O)Nc2ccc(C)c(F)c2)cc1. The number of rotatable bonds is 6. The van der Waals surface area contributed by atoms with E-state index in [2.05, 4.69) is 10.6 Å². The average Bonchev–Trinajstić information content (AvgIpc) is 2.58. The van der Waals surface area contributed by atoms with E-state index in [0.29, 0.717) is 11.3 Å². The molecule has 2 aromatic carbocycles. The van der Waals surface area contributed by atoms with Crippen molar-refractivity contribution in [3.05, 3.63) is 53.8 Å². The number of anilines is 2. The number of nitrogens with zero attached hydrogens (tertiary/aromatic N) is 1. The molecule has 0 saturated carbocycles. The van der Waals surface area contributed by atoms with Crippen LogP contribution in [0.5, 0.6) is 0 Å². The summed E-state index contributed by atoms with van der Waals surface area (Å²) in [4.78, 5) is 23.1. The molecule has 0 spiro atoms. The lowest BCUT2D eigenvalue weighted by atomic mass is 10.2. The van der Waals surface area contributed by atoms with Crippen molar-refractivity contribution in [3.8, 4) is 0 Å². The van der Waals surface area contributed by atoms with Crippen LogP contribution in [0.1, 0.15) is 12.5 Å². The summed E-state index contributed by atoms with van der Waals surface area (Å²) >= 11 is 0. The average molecular weight is 393 g/mol. The lowest BCUT2D eigenvalue weighted by molar-refractivity contribution is -0.116. The van der Waals surface area contributed by atoms with Crippen molar-refractivity contribution < 1.29 is 22.4 Å². The number of hydrogen-bond acceptors (Lipinski definition) is 4. The first-order valence-electron chi connectivity index (χ1n) is 7.99. The van der Waals surface area contributed by atoms with Gasteiger partial charge in [0.2, 0.25) is 21.8 Å². The van der Waals surface area contributed by atoms with Gasteiger partial charge < -0.3 is 10.6 Å². The molecule has 0 heterocycles. The van der Waals surface area contributed by atoms with Gasteiger partial charge in [-0.25, -0.2) is 12.8 Å². The molecule has 2 amide bonds.